The number of nitrogens with zero attached hydrogens (tertiary/aromatic N) is 5. The summed E-state index contributed by atoms with van der Waals surface area (Å²) in [5.74, 6) is 0.474. The minimum absolute atomic E-state index is 0.0505. The van der Waals surface area contributed by atoms with Crippen molar-refractivity contribution < 1.29 is 9.59 Å². The van der Waals surface area contributed by atoms with Crippen molar-refractivity contribution in [2.45, 2.75) is 31.8 Å². The lowest BCUT2D eigenvalue weighted by atomic mass is 9.96. The van der Waals surface area contributed by atoms with E-state index in [1.807, 2.05) is 30.3 Å². The van der Waals surface area contributed by atoms with Crippen LogP contribution < -0.4 is 5.32 Å². The number of imide groups is 1. The largest absolute Gasteiger partial charge is 0.325 e. The molecule has 1 saturated carbocycles. The molecular weight excluding hydrogens is 296 g/mol. The van der Waals surface area contributed by atoms with Gasteiger partial charge in [0.2, 0.25) is 0 Å². The molecule has 2 aliphatic rings. The molecule has 1 aliphatic heterocycles. The number of hydrogen-bond donors (Lipinski definition) is 1. The first-order chi connectivity index (χ1) is 11.1. The zero-order valence-electron chi connectivity index (χ0n) is 12.6. The molecule has 2 fully saturated rings. The number of carbonyl (C=O) groups is 2. The van der Waals surface area contributed by atoms with E-state index >= 15 is 0 Å². The molecular formula is C15H16N6O2. The predicted octanol–water partition coefficient (Wildman–Crippen LogP) is 0.883. The van der Waals surface area contributed by atoms with Crippen molar-refractivity contribution in [2.24, 2.45) is 5.92 Å². The summed E-state index contributed by atoms with van der Waals surface area (Å²) in [6, 6.07) is 8.98. The Bertz CT molecular complexity index is 769. The summed E-state index contributed by atoms with van der Waals surface area (Å²) in [5, 5.41) is 14.4. The first-order valence-electron chi connectivity index (χ1n) is 7.56. The third kappa shape index (κ3) is 2.18. The van der Waals surface area contributed by atoms with Crippen LogP contribution in [0, 0.1) is 5.92 Å². The van der Waals surface area contributed by atoms with Crippen LogP contribution in [0.1, 0.15) is 25.6 Å². The minimum Gasteiger partial charge on any atom is -0.323 e. The van der Waals surface area contributed by atoms with E-state index in [0.29, 0.717) is 5.82 Å². The van der Waals surface area contributed by atoms with Crippen LogP contribution in [0.15, 0.2) is 30.3 Å². The average Bonchev–Trinajstić information content (AvgIpc) is 3.28. The first kappa shape index (κ1) is 13.9. The van der Waals surface area contributed by atoms with Crippen LogP contribution in [-0.2, 0) is 11.3 Å². The molecule has 1 aromatic carbocycles. The molecule has 8 heteroatoms. The van der Waals surface area contributed by atoms with Crippen LogP contribution >= 0.6 is 0 Å². The lowest BCUT2D eigenvalue weighted by molar-refractivity contribution is -0.131. The number of amides is 3. The van der Waals surface area contributed by atoms with Gasteiger partial charge in [0.05, 0.1) is 12.2 Å². The number of tetrazole rings is 1. The van der Waals surface area contributed by atoms with Gasteiger partial charge in [0, 0.05) is 0 Å². The van der Waals surface area contributed by atoms with Gasteiger partial charge >= 0.3 is 6.03 Å². The normalized spacial score (nSPS) is 24.1. The number of rotatable bonds is 4. The average molecular weight is 312 g/mol. The maximum atomic E-state index is 12.7. The predicted molar refractivity (Wildman–Crippen MR) is 79.4 cm³/mol. The molecule has 0 spiro atoms. The zero-order chi connectivity index (χ0) is 16.0. The Labute approximate surface area is 132 Å². The Kier molecular flexibility index (Phi) is 2.93. The smallest absolute Gasteiger partial charge is 0.323 e. The number of hydrogen-bond acceptors (Lipinski definition) is 5. The van der Waals surface area contributed by atoms with Crippen molar-refractivity contribution in [1.29, 1.82) is 0 Å². The molecule has 1 aliphatic carbocycles. The molecule has 1 atom stereocenters. The Morgan fingerprint density at radius 1 is 1.26 bits per heavy atom. The molecule has 2 aromatic rings. The van der Waals surface area contributed by atoms with Gasteiger partial charge in [-0.3, -0.25) is 9.69 Å². The highest BCUT2D eigenvalue weighted by molar-refractivity contribution is 6.07. The number of nitrogens with one attached hydrogen (secondary N) is 1. The number of para-hydroxylation sites is 1. The van der Waals surface area contributed by atoms with Crippen LogP contribution in [0.25, 0.3) is 5.69 Å². The molecule has 0 radical (unpaired) electrons. The van der Waals surface area contributed by atoms with Gasteiger partial charge in [0.15, 0.2) is 5.82 Å². The van der Waals surface area contributed by atoms with Crippen molar-refractivity contribution in [3.63, 3.8) is 0 Å². The zero-order valence-corrected chi connectivity index (χ0v) is 12.6. The fraction of sp³-hybridized carbons (Fsp3) is 0.400. The molecule has 0 bridgehead atoms. The summed E-state index contributed by atoms with van der Waals surface area (Å²) < 4.78 is 1.54. The molecule has 4 rings (SSSR count). The monoisotopic (exact) mass is 312 g/mol. The molecule has 23 heavy (non-hydrogen) atoms. The highest BCUT2D eigenvalue weighted by Gasteiger charge is 2.56. The van der Waals surface area contributed by atoms with Crippen LogP contribution in [0.4, 0.5) is 4.79 Å². The third-order valence-corrected chi connectivity index (χ3v) is 4.53. The number of carbonyl (C=O) groups excluding carboxylic acids is 2. The van der Waals surface area contributed by atoms with Gasteiger partial charge in [0.1, 0.15) is 5.54 Å². The summed E-state index contributed by atoms with van der Waals surface area (Å²) in [6.45, 7) is 1.85. The maximum Gasteiger partial charge on any atom is 0.325 e. The van der Waals surface area contributed by atoms with E-state index in [4.69, 9.17) is 0 Å². The number of urea groups is 1. The molecule has 2 heterocycles. The van der Waals surface area contributed by atoms with E-state index in [9.17, 15) is 9.59 Å². The van der Waals surface area contributed by atoms with E-state index in [2.05, 4.69) is 20.8 Å². The van der Waals surface area contributed by atoms with E-state index in [-0.39, 0.29) is 24.4 Å². The van der Waals surface area contributed by atoms with E-state index in [0.717, 1.165) is 18.5 Å². The third-order valence-electron chi connectivity index (χ3n) is 4.53. The molecule has 1 N–H and O–H groups in total. The summed E-state index contributed by atoms with van der Waals surface area (Å²) in [4.78, 5) is 26.1. The van der Waals surface area contributed by atoms with Gasteiger partial charge < -0.3 is 5.32 Å². The Morgan fingerprint density at radius 3 is 2.70 bits per heavy atom. The molecule has 8 nitrogen and oxygen atoms in total. The molecule has 118 valence electrons. The topological polar surface area (TPSA) is 93.0 Å². The highest BCUT2D eigenvalue weighted by Crippen LogP contribution is 2.42. The summed E-state index contributed by atoms with van der Waals surface area (Å²) in [6.07, 6.45) is 1.94. The fourth-order valence-corrected chi connectivity index (χ4v) is 3.01. The first-order valence-corrected chi connectivity index (χ1v) is 7.56. The molecule has 3 amide bonds. The van der Waals surface area contributed by atoms with Crippen LogP contribution in [-0.4, -0.2) is 42.6 Å². The lowest BCUT2D eigenvalue weighted by Crippen LogP contribution is -2.46. The fourth-order valence-electron chi connectivity index (χ4n) is 3.01. The van der Waals surface area contributed by atoms with E-state index in [1.54, 1.807) is 6.92 Å². The molecule has 0 unspecified atom stereocenters. The van der Waals surface area contributed by atoms with Crippen molar-refractivity contribution in [3.8, 4) is 5.69 Å². The Morgan fingerprint density at radius 2 is 2.00 bits per heavy atom. The molecule has 1 aromatic heterocycles. The minimum atomic E-state index is -0.790. The van der Waals surface area contributed by atoms with Gasteiger partial charge in [-0.2, -0.15) is 4.68 Å². The van der Waals surface area contributed by atoms with Gasteiger partial charge in [-0.1, -0.05) is 18.2 Å². The van der Waals surface area contributed by atoms with Gasteiger partial charge in [-0.25, -0.2) is 4.79 Å². The number of aromatic nitrogens is 4. The second-order valence-corrected chi connectivity index (χ2v) is 6.14. The Hall–Kier alpha value is -2.77. The van der Waals surface area contributed by atoms with Crippen LogP contribution in [0.5, 0.6) is 0 Å². The van der Waals surface area contributed by atoms with Crippen molar-refractivity contribution in [3.05, 3.63) is 36.2 Å². The van der Waals surface area contributed by atoms with Crippen molar-refractivity contribution in [2.75, 3.05) is 0 Å². The second-order valence-electron chi connectivity index (χ2n) is 6.14. The quantitative estimate of drug-likeness (QED) is 0.846. The van der Waals surface area contributed by atoms with Gasteiger partial charge in [0.25, 0.3) is 5.91 Å². The van der Waals surface area contributed by atoms with E-state index in [1.165, 1.54) is 9.58 Å². The van der Waals surface area contributed by atoms with Crippen molar-refractivity contribution >= 4 is 11.9 Å². The number of benzene rings is 1. The van der Waals surface area contributed by atoms with Crippen molar-refractivity contribution in [1.82, 2.24) is 30.4 Å². The summed E-state index contributed by atoms with van der Waals surface area (Å²) >= 11 is 0. The standard InChI is InChI=1S/C15H16N6O2/c1-15(10-7-8-10)13(22)20(14(23)16-15)9-12-17-18-19-21(12)11-5-3-2-4-6-11/h2-6,10H,7-9H2,1H3,(H,16,23)/t15-/m1/s1. The van der Waals surface area contributed by atoms with Crippen LogP contribution in [0.3, 0.4) is 0 Å². The summed E-state index contributed by atoms with van der Waals surface area (Å²) in [5.41, 5.74) is -0.00762. The Balaban J connectivity index is 1.61. The summed E-state index contributed by atoms with van der Waals surface area (Å²) in [7, 11) is 0. The van der Waals surface area contributed by atoms with E-state index < -0.39 is 5.54 Å². The highest BCUT2D eigenvalue weighted by atomic mass is 16.2. The van der Waals surface area contributed by atoms with Gasteiger partial charge in [-0.05, 0) is 48.2 Å². The van der Waals surface area contributed by atoms with Crippen LogP contribution in [0.2, 0.25) is 0 Å². The maximum absolute atomic E-state index is 12.7. The second kappa shape index (κ2) is 4.87. The molecule has 1 saturated heterocycles. The SMILES string of the molecule is C[C@]1(C2CC2)NC(=O)N(Cc2nnnn2-c2ccccc2)C1=O. The lowest BCUT2D eigenvalue weighted by Gasteiger charge is -2.20. The van der Waals surface area contributed by atoms with Gasteiger partial charge in [-0.15, -0.1) is 5.10 Å².